The molecule has 3 aromatic rings. The normalized spacial score (nSPS) is 12.7. The lowest BCUT2D eigenvalue weighted by Gasteiger charge is -2.20. The number of hydrogen-bond donors (Lipinski definition) is 1. The van der Waals surface area contributed by atoms with Crippen LogP contribution in [0.15, 0.2) is 49.1 Å². The molecule has 0 aliphatic carbocycles. The Morgan fingerprint density at radius 2 is 2.10 bits per heavy atom. The zero-order valence-electron chi connectivity index (χ0n) is 11.7. The molecule has 2 heterocycles. The first-order valence-electron chi connectivity index (χ1n) is 6.84. The number of nitrogens with one attached hydrogen (secondary N) is 1. The van der Waals surface area contributed by atoms with E-state index in [1.807, 2.05) is 31.8 Å². The van der Waals surface area contributed by atoms with Crippen molar-refractivity contribution in [3.63, 3.8) is 0 Å². The first-order chi connectivity index (χ1) is 9.81. The summed E-state index contributed by atoms with van der Waals surface area (Å²) >= 11 is 0. The molecule has 1 atom stereocenters. The molecule has 2 aromatic heterocycles. The van der Waals surface area contributed by atoms with Crippen molar-refractivity contribution in [2.75, 3.05) is 6.54 Å². The Kier molecular flexibility index (Phi) is 3.48. The van der Waals surface area contributed by atoms with E-state index in [2.05, 4.69) is 51.0 Å². The second-order valence-electron chi connectivity index (χ2n) is 4.84. The summed E-state index contributed by atoms with van der Waals surface area (Å²) in [5.41, 5.74) is 3.38. The number of fused-ring (bicyclic) bond motifs is 1. The third-order valence-corrected chi connectivity index (χ3v) is 3.53. The second kappa shape index (κ2) is 5.43. The van der Waals surface area contributed by atoms with Crippen LogP contribution in [0.1, 0.15) is 24.2 Å². The van der Waals surface area contributed by atoms with Crippen LogP contribution < -0.4 is 5.32 Å². The van der Waals surface area contributed by atoms with E-state index in [-0.39, 0.29) is 6.04 Å². The average molecular weight is 266 g/mol. The van der Waals surface area contributed by atoms with E-state index >= 15 is 0 Å². The Bertz CT molecular complexity index is 712. The molecule has 0 aliphatic rings. The topological polar surface area (TPSA) is 42.7 Å². The van der Waals surface area contributed by atoms with E-state index in [1.165, 1.54) is 5.56 Å². The number of pyridine rings is 1. The Morgan fingerprint density at radius 3 is 2.85 bits per heavy atom. The van der Waals surface area contributed by atoms with E-state index < -0.39 is 0 Å². The number of hydrogen-bond acceptors (Lipinski definition) is 3. The Balaban J connectivity index is 2.17. The van der Waals surface area contributed by atoms with Crippen molar-refractivity contribution in [1.29, 1.82) is 0 Å². The fourth-order valence-electron chi connectivity index (χ4n) is 2.58. The van der Waals surface area contributed by atoms with Crippen molar-refractivity contribution in [3.05, 3.63) is 60.3 Å². The number of imidazole rings is 1. The molecule has 1 unspecified atom stereocenters. The lowest BCUT2D eigenvalue weighted by molar-refractivity contribution is 0.596. The van der Waals surface area contributed by atoms with Crippen LogP contribution in [0.25, 0.3) is 10.9 Å². The highest BCUT2D eigenvalue weighted by atomic mass is 15.1. The molecule has 0 fully saturated rings. The van der Waals surface area contributed by atoms with Crippen molar-refractivity contribution < 1.29 is 0 Å². The van der Waals surface area contributed by atoms with Crippen molar-refractivity contribution in [1.82, 2.24) is 19.9 Å². The number of rotatable bonds is 4. The smallest absolute Gasteiger partial charge is 0.0946 e. The summed E-state index contributed by atoms with van der Waals surface area (Å²) in [5.74, 6) is 0. The van der Waals surface area contributed by atoms with Gasteiger partial charge >= 0.3 is 0 Å². The van der Waals surface area contributed by atoms with Gasteiger partial charge in [-0.15, -0.1) is 0 Å². The van der Waals surface area contributed by atoms with Crippen molar-refractivity contribution in [3.8, 4) is 0 Å². The van der Waals surface area contributed by atoms with Crippen LogP contribution in [0.2, 0.25) is 0 Å². The lowest BCUT2D eigenvalue weighted by Crippen LogP contribution is -2.24. The van der Waals surface area contributed by atoms with Gasteiger partial charge in [0.2, 0.25) is 0 Å². The summed E-state index contributed by atoms with van der Waals surface area (Å²) in [5, 5.41) is 4.70. The van der Waals surface area contributed by atoms with Crippen LogP contribution >= 0.6 is 0 Å². The molecule has 0 amide bonds. The maximum atomic E-state index is 4.55. The van der Waals surface area contributed by atoms with Crippen LogP contribution in [0, 0.1) is 0 Å². The van der Waals surface area contributed by atoms with Gasteiger partial charge in [-0.25, -0.2) is 4.98 Å². The van der Waals surface area contributed by atoms with E-state index in [1.54, 1.807) is 0 Å². The maximum Gasteiger partial charge on any atom is 0.0946 e. The van der Waals surface area contributed by atoms with Gasteiger partial charge < -0.3 is 9.88 Å². The summed E-state index contributed by atoms with van der Waals surface area (Å²) in [4.78, 5) is 8.79. The molecule has 0 bridgehead atoms. The average Bonchev–Trinajstić information content (AvgIpc) is 2.90. The van der Waals surface area contributed by atoms with Gasteiger partial charge in [0, 0.05) is 24.2 Å². The fourth-order valence-corrected chi connectivity index (χ4v) is 2.58. The molecule has 3 rings (SSSR count). The first kappa shape index (κ1) is 12.8. The number of aromatic nitrogens is 3. The first-order valence-corrected chi connectivity index (χ1v) is 6.84. The van der Waals surface area contributed by atoms with Crippen molar-refractivity contribution >= 4 is 10.9 Å². The van der Waals surface area contributed by atoms with Gasteiger partial charge in [-0.1, -0.05) is 31.2 Å². The van der Waals surface area contributed by atoms with Gasteiger partial charge in [0.05, 0.1) is 29.8 Å². The van der Waals surface area contributed by atoms with E-state index in [9.17, 15) is 0 Å². The molecule has 0 saturated carbocycles. The molecule has 1 aromatic carbocycles. The third kappa shape index (κ3) is 2.18. The molecular formula is C16H18N4. The molecular weight excluding hydrogens is 248 g/mol. The quantitative estimate of drug-likeness (QED) is 0.789. The third-order valence-electron chi connectivity index (χ3n) is 3.53. The molecule has 4 nitrogen and oxygen atoms in total. The molecule has 0 spiro atoms. The van der Waals surface area contributed by atoms with Gasteiger partial charge in [-0.3, -0.25) is 4.98 Å². The van der Waals surface area contributed by atoms with Gasteiger partial charge in [0.25, 0.3) is 0 Å². The van der Waals surface area contributed by atoms with E-state index in [0.29, 0.717) is 0 Å². The summed E-state index contributed by atoms with van der Waals surface area (Å²) in [7, 11) is 2.02. The lowest BCUT2D eigenvalue weighted by atomic mass is 10.0. The second-order valence-corrected chi connectivity index (χ2v) is 4.84. The summed E-state index contributed by atoms with van der Waals surface area (Å²) in [6, 6.07) is 10.5. The molecule has 102 valence electrons. The highest BCUT2D eigenvalue weighted by molar-refractivity contribution is 5.82. The molecule has 0 saturated heterocycles. The maximum absolute atomic E-state index is 4.55. The minimum Gasteiger partial charge on any atom is -0.336 e. The minimum absolute atomic E-state index is 0.103. The molecule has 20 heavy (non-hydrogen) atoms. The molecule has 4 heteroatoms. The highest BCUT2D eigenvalue weighted by Crippen LogP contribution is 2.27. The monoisotopic (exact) mass is 266 g/mol. The van der Waals surface area contributed by atoms with Crippen LogP contribution in [0.4, 0.5) is 0 Å². The largest absolute Gasteiger partial charge is 0.336 e. The predicted octanol–water partition coefficient (Wildman–Crippen LogP) is 2.67. The Morgan fingerprint density at radius 1 is 1.25 bits per heavy atom. The Labute approximate surface area is 118 Å². The Hall–Kier alpha value is -2.20. The van der Waals surface area contributed by atoms with Gasteiger partial charge in [0.15, 0.2) is 0 Å². The van der Waals surface area contributed by atoms with E-state index in [0.717, 1.165) is 23.1 Å². The van der Waals surface area contributed by atoms with Gasteiger partial charge in [-0.2, -0.15) is 0 Å². The van der Waals surface area contributed by atoms with Crippen LogP contribution in [-0.2, 0) is 7.05 Å². The molecule has 0 radical (unpaired) electrons. The highest BCUT2D eigenvalue weighted by Gasteiger charge is 2.18. The standard InChI is InChI=1S/C16H18N4/c1-3-18-16(14-10-17-11-20(14)2)13-8-4-6-12-7-5-9-19-15(12)13/h4-11,16,18H,3H2,1-2H3. The van der Waals surface area contributed by atoms with Gasteiger partial charge in [0.1, 0.15) is 0 Å². The summed E-state index contributed by atoms with van der Waals surface area (Å²) in [6.45, 7) is 3.00. The summed E-state index contributed by atoms with van der Waals surface area (Å²) < 4.78 is 2.05. The van der Waals surface area contributed by atoms with E-state index in [4.69, 9.17) is 0 Å². The van der Waals surface area contributed by atoms with Crippen LogP contribution in [0.5, 0.6) is 0 Å². The fraction of sp³-hybridized carbons (Fsp3) is 0.250. The number of nitrogens with zero attached hydrogens (tertiary/aromatic N) is 3. The van der Waals surface area contributed by atoms with Gasteiger partial charge in [-0.05, 0) is 12.6 Å². The molecule has 1 N–H and O–H groups in total. The summed E-state index contributed by atoms with van der Waals surface area (Å²) in [6.07, 6.45) is 5.59. The zero-order valence-corrected chi connectivity index (χ0v) is 11.7. The van der Waals surface area contributed by atoms with Crippen molar-refractivity contribution in [2.45, 2.75) is 13.0 Å². The van der Waals surface area contributed by atoms with Crippen LogP contribution in [-0.4, -0.2) is 21.1 Å². The molecule has 0 aliphatic heterocycles. The SMILES string of the molecule is CCNC(c1cccc2cccnc12)c1cncn1C. The zero-order chi connectivity index (χ0) is 13.9. The predicted molar refractivity (Wildman–Crippen MR) is 80.5 cm³/mol. The number of para-hydroxylation sites is 1. The number of benzene rings is 1. The van der Waals surface area contributed by atoms with Crippen molar-refractivity contribution in [2.24, 2.45) is 7.05 Å². The number of aryl methyl sites for hydroxylation is 1. The van der Waals surface area contributed by atoms with Crippen LogP contribution in [0.3, 0.4) is 0 Å². The minimum atomic E-state index is 0.103.